The molecule has 0 unspecified atom stereocenters. The van der Waals surface area contributed by atoms with Crippen LogP contribution in [0.3, 0.4) is 0 Å². The lowest BCUT2D eigenvalue weighted by Gasteiger charge is -2.40. The SMILES string of the molecule is CCOC(=O)CN(CC)CCN(CCN(CCN(CC(=O)OCC)C(CC)(CC)C(=O)O)CC(=O)OCC)CC(=O)OCC. The number of hydrogen-bond acceptors (Lipinski definition) is 13. The van der Waals surface area contributed by atoms with E-state index in [1.807, 2.05) is 21.6 Å². The van der Waals surface area contributed by atoms with Crippen molar-refractivity contribution in [2.45, 2.75) is 66.8 Å². The number of likely N-dealkylation sites (N-methyl/N-ethyl adjacent to an activating group) is 1. The van der Waals surface area contributed by atoms with Crippen LogP contribution in [0.5, 0.6) is 0 Å². The number of carboxylic acids is 1. The molecule has 14 nitrogen and oxygen atoms in total. The third-order valence-electron chi connectivity index (χ3n) is 7.37. The van der Waals surface area contributed by atoms with Crippen LogP contribution in [0.25, 0.3) is 0 Å². The van der Waals surface area contributed by atoms with Gasteiger partial charge in [-0.3, -0.25) is 43.6 Å². The Morgan fingerprint density at radius 1 is 0.500 bits per heavy atom. The number of rotatable bonds is 26. The standard InChI is InChI=1S/C30H56N4O10/c1-8-30(9-2,29(39)40)34(24-28(38)44-14-7)20-19-33(23-27(37)43-13-6)18-17-32(22-26(36)42-12-5)16-15-31(10-3)21-25(35)41-11-4/h8-24H2,1-7H3,(H,39,40). The van der Waals surface area contributed by atoms with Gasteiger partial charge in [0.05, 0.1) is 52.6 Å². The van der Waals surface area contributed by atoms with Gasteiger partial charge in [0.25, 0.3) is 0 Å². The van der Waals surface area contributed by atoms with Gasteiger partial charge in [0, 0.05) is 39.3 Å². The molecular formula is C30H56N4O10. The summed E-state index contributed by atoms with van der Waals surface area (Å²) in [6.07, 6.45) is 0.534. The molecule has 0 atom stereocenters. The molecule has 0 saturated heterocycles. The molecule has 0 aliphatic heterocycles. The van der Waals surface area contributed by atoms with E-state index in [1.165, 1.54) is 0 Å². The quantitative estimate of drug-likeness (QED) is 0.107. The van der Waals surface area contributed by atoms with Crippen LogP contribution in [0, 0.1) is 0 Å². The Hall–Kier alpha value is -2.81. The Balaban J connectivity index is 5.91. The van der Waals surface area contributed by atoms with Crippen LogP contribution in [0.1, 0.15) is 61.3 Å². The minimum Gasteiger partial charge on any atom is -0.480 e. The molecule has 0 rings (SSSR count). The summed E-state index contributed by atoms with van der Waals surface area (Å²) in [4.78, 5) is 69.1. The van der Waals surface area contributed by atoms with Crippen molar-refractivity contribution in [2.24, 2.45) is 0 Å². The first kappa shape index (κ1) is 41.2. The van der Waals surface area contributed by atoms with Crippen molar-refractivity contribution in [3.63, 3.8) is 0 Å². The maximum atomic E-state index is 12.5. The highest BCUT2D eigenvalue weighted by Gasteiger charge is 2.42. The molecule has 0 aromatic carbocycles. The summed E-state index contributed by atoms with van der Waals surface area (Å²) in [7, 11) is 0. The van der Waals surface area contributed by atoms with Gasteiger partial charge in [-0.2, -0.15) is 0 Å². The van der Waals surface area contributed by atoms with Crippen LogP contribution in [0.15, 0.2) is 0 Å². The van der Waals surface area contributed by atoms with Crippen LogP contribution in [0.2, 0.25) is 0 Å². The minimum atomic E-state index is -1.29. The fourth-order valence-corrected chi connectivity index (χ4v) is 4.83. The van der Waals surface area contributed by atoms with Crippen molar-refractivity contribution in [2.75, 3.05) is 98.4 Å². The number of nitrogens with zero attached hydrogens (tertiary/aromatic N) is 4. The largest absolute Gasteiger partial charge is 0.480 e. The molecule has 0 heterocycles. The highest BCUT2D eigenvalue weighted by atomic mass is 16.5. The summed E-state index contributed by atoms with van der Waals surface area (Å²) in [6, 6.07) is 0. The molecule has 0 aliphatic carbocycles. The molecule has 0 saturated carbocycles. The molecule has 0 radical (unpaired) electrons. The number of esters is 4. The lowest BCUT2D eigenvalue weighted by Crippen LogP contribution is -2.57. The van der Waals surface area contributed by atoms with Gasteiger partial charge in [0.15, 0.2) is 0 Å². The smallest absolute Gasteiger partial charge is 0.324 e. The second-order valence-electron chi connectivity index (χ2n) is 10.1. The van der Waals surface area contributed by atoms with E-state index in [1.54, 1.807) is 46.4 Å². The molecular weight excluding hydrogens is 576 g/mol. The summed E-state index contributed by atoms with van der Waals surface area (Å²) < 4.78 is 20.5. The first-order valence-electron chi connectivity index (χ1n) is 15.7. The van der Waals surface area contributed by atoms with E-state index in [9.17, 15) is 29.1 Å². The van der Waals surface area contributed by atoms with Crippen molar-refractivity contribution >= 4 is 29.8 Å². The Morgan fingerprint density at radius 3 is 1.14 bits per heavy atom. The second kappa shape index (κ2) is 23.6. The van der Waals surface area contributed by atoms with Gasteiger partial charge in [-0.05, 0) is 47.1 Å². The van der Waals surface area contributed by atoms with Crippen molar-refractivity contribution in [3.05, 3.63) is 0 Å². The number of carboxylic acid groups (broad SMARTS) is 1. The maximum Gasteiger partial charge on any atom is 0.324 e. The summed E-state index contributed by atoms with van der Waals surface area (Å²) in [5.74, 6) is -2.72. The molecule has 14 heteroatoms. The topological polar surface area (TPSA) is 155 Å². The lowest BCUT2D eigenvalue weighted by atomic mass is 9.90. The van der Waals surface area contributed by atoms with Crippen molar-refractivity contribution in [1.29, 1.82) is 0 Å². The third-order valence-corrected chi connectivity index (χ3v) is 7.37. The molecule has 1 N–H and O–H groups in total. The fraction of sp³-hybridized carbons (Fsp3) is 0.833. The van der Waals surface area contributed by atoms with E-state index in [0.29, 0.717) is 39.3 Å². The van der Waals surface area contributed by atoms with E-state index >= 15 is 0 Å². The predicted molar refractivity (Wildman–Crippen MR) is 164 cm³/mol. The second-order valence-corrected chi connectivity index (χ2v) is 10.1. The highest BCUT2D eigenvalue weighted by Crippen LogP contribution is 2.24. The van der Waals surface area contributed by atoms with E-state index < -0.39 is 29.4 Å². The van der Waals surface area contributed by atoms with Crippen LogP contribution >= 0.6 is 0 Å². The van der Waals surface area contributed by atoms with Gasteiger partial charge in [-0.15, -0.1) is 0 Å². The average molecular weight is 633 g/mol. The molecule has 0 fully saturated rings. The first-order chi connectivity index (χ1) is 21.0. The number of carbonyl (C=O) groups excluding carboxylic acids is 4. The van der Waals surface area contributed by atoms with Crippen LogP contribution < -0.4 is 0 Å². The monoisotopic (exact) mass is 632 g/mol. The summed E-state index contributed by atoms with van der Waals surface area (Å²) in [6.45, 7) is 15.8. The number of carbonyl (C=O) groups is 5. The predicted octanol–water partition coefficient (Wildman–Crippen LogP) is 1.11. The third kappa shape index (κ3) is 15.8. The summed E-state index contributed by atoms with van der Waals surface area (Å²) in [5, 5.41) is 10.2. The molecule has 0 aromatic heterocycles. The zero-order valence-electron chi connectivity index (χ0n) is 27.9. The minimum absolute atomic E-state index is 0.0147. The van der Waals surface area contributed by atoms with Crippen molar-refractivity contribution < 1.29 is 48.0 Å². The van der Waals surface area contributed by atoms with Crippen molar-refractivity contribution in [3.8, 4) is 0 Å². The molecule has 0 aromatic rings. The zero-order chi connectivity index (χ0) is 33.5. The van der Waals surface area contributed by atoms with Gasteiger partial charge < -0.3 is 24.1 Å². The zero-order valence-corrected chi connectivity index (χ0v) is 27.9. The van der Waals surface area contributed by atoms with Gasteiger partial charge in [0.2, 0.25) is 0 Å². The molecule has 0 aliphatic rings. The Bertz CT molecular complexity index is 869. The molecule has 44 heavy (non-hydrogen) atoms. The average Bonchev–Trinajstić information content (AvgIpc) is 2.97. The van der Waals surface area contributed by atoms with Gasteiger partial charge in [-0.25, -0.2) is 0 Å². The molecule has 256 valence electrons. The van der Waals surface area contributed by atoms with Gasteiger partial charge in [0.1, 0.15) is 5.54 Å². The van der Waals surface area contributed by atoms with E-state index in [-0.39, 0.29) is 77.9 Å². The Kier molecular flexibility index (Phi) is 22.1. The van der Waals surface area contributed by atoms with Gasteiger partial charge >= 0.3 is 29.8 Å². The van der Waals surface area contributed by atoms with Gasteiger partial charge in [-0.1, -0.05) is 20.8 Å². The highest BCUT2D eigenvalue weighted by molar-refractivity contribution is 5.80. The molecule has 0 bridgehead atoms. The van der Waals surface area contributed by atoms with Crippen molar-refractivity contribution in [1.82, 2.24) is 19.6 Å². The summed E-state index contributed by atoms with van der Waals surface area (Å²) in [5.41, 5.74) is -1.29. The number of aliphatic carboxylic acids is 1. The van der Waals surface area contributed by atoms with E-state index in [2.05, 4.69) is 0 Å². The first-order valence-corrected chi connectivity index (χ1v) is 15.7. The van der Waals surface area contributed by atoms with E-state index in [0.717, 1.165) is 0 Å². The molecule has 0 spiro atoms. The lowest BCUT2D eigenvalue weighted by molar-refractivity contribution is -0.158. The number of hydrogen-bond donors (Lipinski definition) is 1. The summed E-state index contributed by atoms with van der Waals surface area (Å²) >= 11 is 0. The fourth-order valence-electron chi connectivity index (χ4n) is 4.83. The van der Waals surface area contributed by atoms with Crippen LogP contribution in [-0.4, -0.2) is 159 Å². The Morgan fingerprint density at radius 2 is 0.818 bits per heavy atom. The normalized spacial score (nSPS) is 11.7. The van der Waals surface area contributed by atoms with Crippen LogP contribution in [-0.2, 0) is 42.9 Å². The molecule has 0 amide bonds. The number of ether oxygens (including phenoxy) is 4. The maximum absolute atomic E-state index is 12.5. The van der Waals surface area contributed by atoms with Crippen LogP contribution in [0.4, 0.5) is 0 Å². The Labute approximate surface area is 262 Å². The van der Waals surface area contributed by atoms with E-state index in [4.69, 9.17) is 18.9 Å².